The van der Waals surface area contributed by atoms with E-state index in [0.717, 1.165) is 30.8 Å². The van der Waals surface area contributed by atoms with Crippen molar-refractivity contribution in [3.8, 4) is 5.75 Å². The van der Waals surface area contributed by atoms with Crippen molar-refractivity contribution in [1.29, 1.82) is 0 Å². The van der Waals surface area contributed by atoms with Crippen molar-refractivity contribution in [3.05, 3.63) is 28.8 Å². The van der Waals surface area contributed by atoms with Gasteiger partial charge < -0.3 is 15.4 Å². The number of ether oxygens (including phenoxy) is 1. The van der Waals surface area contributed by atoms with Crippen molar-refractivity contribution in [1.82, 2.24) is 10.6 Å². The first kappa shape index (κ1) is 19.1. The summed E-state index contributed by atoms with van der Waals surface area (Å²) < 4.78 is 5.42. The molecule has 0 bridgehead atoms. The van der Waals surface area contributed by atoms with E-state index in [9.17, 15) is 4.79 Å². The second-order valence-corrected chi connectivity index (χ2v) is 6.37. The molecule has 2 rings (SSSR count). The lowest BCUT2D eigenvalue weighted by Crippen LogP contribution is -2.51. The third-order valence-electron chi connectivity index (χ3n) is 3.74. The lowest BCUT2D eigenvalue weighted by molar-refractivity contribution is -0.127. The van der Waals surface area contributed by atoms with E-state index >= 15 is 0 Å². The Kier molecular flexibility index (Phi) is 7.46. The smallest absolute Gasteiger partial charge is 0.226 e. The highest BCUT2D eigenvalue weighted by atomic mass is 35.5. The minimum Gasteiger partial charge on any atom is -0.496 e. The Bertz CT molecular complexity index is 505. The van der Waals surface area contributed by atoms with E-state index in [1.165, 1.54) is 0 Å². The Morgan fingerprint density at radius 3 is 2.64 bits per heavy atom. The fourth-order valence-corrected chi connectivity index (χ4v) is 2.66. The van der Waals surface area contributed by atoms with Gasteiger partial charge in [0.05, 0.1) is 19.1 Å². The molecule has 0 spiro atoms. The molecule has 0 saturated carbocycles. The lowest BCUT2D eigenvalue weighted by atomic mass is 9.94. The second-order valence-electron chi connectivity index (χ2n) is 5.93. The summed E-state index contributed by atoms with van der Waals surface area (Å²) in [6, 6.07) is 5.45. The van der Waals surface area contributed by atoms with E-state index < -0.39 is 0 Å². The number of carbonyl (C=O) groups excluding carboxylic acids is 1. The van der Waals surface area contributed by atoms with Crippen LogP contribution >= 0.6 is 24.0 Å². The van der Waals surface area contributed by atoms with Gasteiger partial charge in [-0.2, -0.15) is 0 Å². The van der Waals surface area contributed by atoms with Gasteiger partial charge in [0.25, 0.3) is 0 Å². The predicted octanol–water partition coefficient (Wildman–Crippen LogP) is 3.19. The predicted molar refractivity (Wildman–Crippen MR) is 92.0 cm³/mol. The number of hydrogen-bond donors (Lipinski definition) is 2. The first-order valence-corrected chi connectivity index (χ1v) is 7.73. The second kappa shape index (κ2) is 8.61. The minimum atomic E-state index is -0.0771. The van der Waals surface area contributed by atoms with E-state index in [0.29, 0.717) is 10.9 Å². The van der Waals surface area contributed by atoms with Gasteiger partial charge in [-0.3, -0.25) is 4.79 Å². The summed E-state index contributed by atoms with van der Waals surface area (Å²) in [6.07, 6.45) is 0.850. The Morgan fingerprint density at radius 1 is 1.45 bits per heavy atom. The van der Waals surface area contributed by atoms with Crippen LogP contribution in [0.1, 0.15) is 31.9 Å². The van der Waals surface area contributed by atoms with Gasteiger partial charge >= 0.3 is 0 Å². The van der Waals surface area contributed by atoms with E-state index in [1.807, 2.05) is 12.1 Å². The van der Waals surface area contributed by atoms with Crippen LogP contribution in [0.15, 0.2) is 18.2 Å². The molecule has 1 aromatic carbocycles. The van der Waals surface area contributed by atoms with E-state index in [4.69, 9.17) is 16.3 Å². The summed E-state index contributed by atoms with van der Waals surface area (Å²) in [6.45, 7) is 5.79. The molecule has 22 heavy (non-hydrogen) atoms. The molecule has 1 aromatic rings. The average Bonchev–Trinajstić information content (AvgIpc) is 2.35. The third-order valence-corrected chi connectivity index (χ3v) is 3.98. The summed E-state index contributed by atoms with van der Waals surface area (Å²) >= 11 is 6.11. The topological polar surface area (TPSA) is 50.4 Å². The van der Waals surface area contributed by atoms with Crippen molar-refractivity contribution in [2.45, 2.75) is 26.3 Å². The highest BCUT2D eigenvalue weighted by Crippen LogP contribution is 2.32. The van der Waals surface area contributed by atoms with Crippen LogP contribution in [0, 0.1) is 11.8 Å². The molecule has 2 N–H and O–H groups in total. The summed E-state index contributed by atoms with van der Waals surface area (Å²) in [5, 5.41) is 6.92. The zero-order chi connectivity index (χ0) is 15.4. The fourth-order valence-electron chi connectivity index (χ4n) is 2.48. The Balaban J connectivity index is 0.00000242. The molecule has 6 heteroatoms. The normalized spacial score (nSPS) is 15.7. The zero-order valence-corrected chi connectivity index (χ0v) is 14.8. The number of benzene rings is 1. The molecule has 1 saturated heterocycles. The third kappa shape index (κ3) is 4.77. The van der Waals surface area contributed by atoms with Crippen LogP contribution in [0.5, 0.6) is 5.75 Å². The van der Waals surface area contributed by atoms with Gasteiger partial charge in [0.15, 0.2) is 0 Å². The SMILES string of the molecule is COc1ccc(Cl)cc1C(CC(C)C)NC(=O)C1CNC1.Cl. The molecule has 4 nitrogen and oxygen atoms in total. The van der Waals surface area contributed by atoms with Crippen molar-refractivity contribution < 1.29 is 9.53 Å². The molecular weight excluding hydrogens is 323 g/mol. The Labute approximate surface area is 143 Å². The molecule has 0 radical (unpaired) electrons. The van der Waals surface area contributed by atoms with Crippen LogP contribution in [0.4, 0.5) is 0 Å². The van der Waals surface area contributed by atoms with Crippen LogP contribution in [0.2, 0.25) is 5.02 Å². The van der Waals surface area contributed by atoms with Crippen molar-refractivity contribution in [3.63, 3.8) is 0 Å². The minimum absolute atomic E-state index is 0. The van der Waals surface area contributed by atoms with Crippen LogP contribution in [0.3, 0.4) is 0 Å². The molecular formula is C16H24Cl2N2O2. The number of amides is 1. The van der Waals surface area contributed by atoms with Gasteiger partial charge in [-0.1, -0.05) is 25.4 Å². The molecule has 1 heterocycles. The number of nitrogens with one attached hydrogen (secondary N) is 2. The first-order valence-electron chi connectivity index (χ1n) is 7.35. The summed E-state index contributed by atoms with van der Waals surface area (Å²) in [4.78, 5) is 12.3. The molecule has 1 amide bonds. The number of carbonyl (C=O) groups is 1. The van der Waals surface area contributed by atoms with E-state index in [-0.39, 0.29) is 30.3 Å². The molecule has 1 atom stereocenters. The van der Waals surface area contributed by atoms with Crippen LogP contribution in [0.25, 0.3) is 0 Å². The summed E-state index contributed by atoms with van der Waals surface area (Å²) in [7, 11) is 1.64. The van der Waals surface area contributed by atoms with Gasteiger partial charge in [0.1, 0.15) is 5.75 Å². The van der Waals surface area contributed by atoms with Crippen LogP contribution in [-0.4, -0.2) is 26.1 Å². The van der Waals surface area contributed by atoms with Gasteiger partial charge in [0.2, 0.25) is 5.91 Å². The van der Waals surface area contributed by atoms with Crippen molar-refractivity contribution >= 4 is 29.9 Å². The maximum absolute atomic E-state index is 12.3. The molecule has 0 aliphatic carbocycles. The number of hydrogen-bond acceptors (Lipinski definition) is 3. The highest BCUT2D eigenvalue weighted by Gasteiger charge is 2.28. The molecule has 0 aromatic heterocycles. The Morgan fingerprint density at radius 2 is 2.14 bits per heavy atom. The largest absolute Gasteiger partial charge is 0.496 e. The zero-order valence-electron chi connectivity index (χ0n) is 13.2. The van der Waals surface area contributed by atoms with Gasteiger partial charge in [-0.25, -0.2) is 0 Å². The lowest BCUT2D eigenvalue weighted by Gasteiger charge is -2.30. The summed E-state index contributed by atoms with van der Waals surface area (Å²) in [5.41, 5.74) is 0.944. The van der Waals surface area contributed by atoms with E-state index in [1.54, 1.807) is 13.2 Å². The van der Waals surface area contributed by atoms with Gasteiger partial charge in [-0.05, 0) is 30.5 Å². The van der Waals surface area contributed by atoms with E-state index in [2.05, 4.69) is 24.5 Å². The standard InChI is InChI=1S/C16H23ClN2O2.ClH/c1-10(2)6-14(19-16(20)11-8-18-9-11)13-7-12(17)4-5-15(13)21-3;/h4-5,7,10-11,14,18H,6,8-9H2,1-3H3,(H,19,20);1H. The number of halogens is 2. The maximum atomic E-state index is 12.3. The molecule has 1 unspecified atom stereocenters. The van der Waals surface area contributed by atoms with Crippen LogP contribution < -0.4 is 15.4 Å². The van der Waals surface area contributed by atoms with Gasteiger partial charge in [0, 0.05) is 23.7 Å². The summed E-state index contributed by atoms with van der Waals surface area (Å²) in [5.74, 6) is 1.39. The molecule has 1 aliphatic heterocycles. The first-order chi connectivity index (χ1) is 10.0. The van der Waals surface area contributed by atoms with Crippen LogP contribution in [-0.2, 0) is 4.79 Å². The number of rotatable bonds is 6. The average molecular weight is 347 g/mol. The van der Waals surface area contributed by atoms with Crippen molar-refractivity contribution in [2.75, 3.05) is 20.2 Å². The quantitative estimate of drug-likeness (QED) is 0.831. The highest BCUT2D eigenvalue weighted by molar-refractivity contribution is 6.30. The van der Waals surface area contributed by atoms with Crippen molar-refractivity contribution in [2.24, 2.45) is 11.8 Å². The fraction of sp³-hybridized carbons (Fsp3) is 0.562. The molecule has 124 valence electrons. The molecule has 1 fully saturated rings. The Hall–Kier alpha value is -0.970. The number of methoxy groups -OCH3 is 1. The monoisotopic (exact) mass is 346 g/mol. The van der Waals surface area contributed by atoms with Gasteiger partial charge in [-0.15, -0.1) is 12.4 Å². The maximum Gasteiger partial charge on any atom is 0.226 e. The molecule has 1 aliphatic rings.